The van der Waals surface area contributed by atoms with E-state index in [0.717, 1.165) is 18.3 Å². The van der Waals surface area contributed by atoms with Crippen LogP contribution in [0.5, 0.6) is 0 Å². The fourth-order valence-electron chi connectivity index (χ4n) is 3.23. The van der Waals surface area contributed by atoms with Crippen molar-refractivity contribution in [1.82, 2.24) is 10.6 Å². The smallest absolute Gasteiger partial charge is 0.233 e. The van der Waals surface area contributed by atoms with Crippen LogP contribution in [0.3, 0.4) is 0 Å². The minimum Gasteiger partial charge on any atom is -0.385 e. The maximum Gasteiger partial charge on any atom is 0.233 e. The Morgan fingerprint density at radius 3 is 2.88 bits per heavy atom. The summed E-state index contributed by atoms with van der Waals surface area (Å²) in [4.78, 5) is 11.6. The number of methoxy groups -OCH3 is 1. The highest BCUT2D eigenvalue weighted by molar-refractivity contribution is 5.77. The topological polar surface area (TPSA) is 50.4 Å². The molecule has 2 fully saturated rings. The summed E-state index contributed by atoms with van der Waals surface area (Å²) in [6.45, 7) is 1.89. The lowest BCUT2D eigenvalue weighted by molar-refractivity contribution is -0.120. The summed E-state index contributed by atoms with van der Waals surface area (Å²) in [6, 6.07) is 0.596. The van der Waals surface area contributed by atoms with E-state index in [4.69, 9.17) is 4.74 Å². The highest BCUT2D eigenvalue weighted by atomic mass is 16.5. The van der Waals surface area contributed by atoms with Crippen LogP contribution in [0.1, 0.15) is 32.1 Å². The van der Waals surface area contributed by atoms with Gasteiger partial charge >= 0.3 is 0 Å². The van der Waals surface area contributed by atoms with Gasteiger partial charge in [0.2, 0.25) is 5.91 Å². The zero-order valence-corrected chi connectivity index (χ0v) is 10.7. The maximum absolute atomic E-state index is 11.6. The lowest BCUT2D eigenvalue weighted by Crippen LogP contribution is -2.41. The molecule has 17 heavy (non-hydrogen) atoms. The van der Waals surface area contributed by atoms with Crippen LogP contribution in [-0.4, -0.2) is 38.8 Å². The average molecular weight is 240 g/mol. The fraction of sp³-hybridized carbons (Fsp3) is 0.923. The zero-order chi connectivity index (χ0) is 12.1. The van der Waals surface area contributed by atoms with Crippen molar-refractivity contribution >= 4 is 5.91 Å². The van der Waals surface area contributed by atoms with E-state index in [0.29, 0.717) is 25.7 Å². The Morgan fingerprint density at radius 1 is 1.35 bits per heavy atom. The molecular weight excluding hydrogens is 216 g/mol. The summed E-state index contributed by atoms with van der Waals surface area (Å²) in [5.41, 5.74) is 0. The molecule has 0 aromatic carbocycles. The van der Waals surface area contributed by atoms with Gasteiger partial charge in [0.05, 0.1) is 6.54 Å². The van der Waals surface area contributed by atoms with Crippen LogP contribution < -0.4 is 10.6 Å². The molecular formula is C13H24N2O2. The average Bonchev–Trinajstić information content (AvgIpc) is 2.94. The number of carbonyl (C=O) groups excluding carboxylic acids is 1. The number of fused-ring (bicyclic) bond motifs is 2. The van der Waals surface area contributed by atoms with Crippen LogP contribution >= 0.6 is 0 Å². The fourth-order valence-corrected chi connectivity index (χ4v) is 3.23. The van der Waals surface area contributed by atoms with Crippen molar-refractivity contribution in [1.29, 1.82) is 0 Å². The molecule has 2 rings (SSSR count). The lowest BCUT2D eigenvalue weighted by Gasteiger charge is -2.22. The predicted molar refractivity (Wildman–Crippen MR) is 66.7 cm³/mol. The minimum atomic E-state index is 0.115. The number of nitrogens with one attached hydrogen (secondary N) is 2. The number of carbonyl (C=O) groups is 1. The van der Waals surface area contributed by atoms with E-state index < -0.39 is 0 Å². The number of rotatable bonds is 7. The van der Waals surface area contributed by atoms with Gasteiger partial charge in [-0.3, -0.25) is 4.79 Å². The standard InChI is InChI=1S/C13H24N2O2/c1-17-6-2-5-14-13(16)9-15-12-8-10-3-4-11(12)7-10/h10-12,15H,2-9H2,1H3,(H,14,16). The molecule has 0 radical (unpaired) electrons. The van der Waals surface area contributed by atoms with Gasteiger partial charge in [0, 0.05) is 26.3 Å². The van der Waals surface area contributed by atoms with Crippen molar-refractivity contribution in [3.05, 3.63) is 0 Å². The number of ether oxygens (including phenoxy) is 1. The molecule has 0 heterocycles. The van der Waals surface area contributed by atoms with Crippen molar-refractivity contribution in [2.45, 2.75) is 38.1 Å². The molecule has 3 unspecified atom stereocenters. The van der Waals surface area contributed by atoms with Crippen LogP contribution in [-0.2, 0) is 9.53 Å². The Balaban J connectivity index is 1.54. The van der Waals surface area contributed by atoms with Gasteiger partial charge in [0.15, 0.2) is 0 Å². The van der Waals surface area contributed by atoms with Crippen LogP contribution in [0, 0.1) is 11.8 Å². The molecule has 0 aliphatic heterocycles. The Labute approximate surface area is 103 Å². The molecule has 2 saturated carbocycles. The van der Waals surface area contributed by atoms with Crippen molar-refractivity contribution < 1.29 is 9.53 Å². The SMILES string of the molecule is COCCCNC(=O)CNC1CC2CCC1C2. The molecule has 0 aromatic rings. The lowest BCUT2D eigenvalue weighted by atomic mass is 9.95. The molecule has 2 aliphatic carbocycles. The van der Waals surface area contributed by atoms with Crippen molar-refractivity contribution in [3.63, 3.8) is 0 Å². The molecule has 3 atom stereocenters. The summed E-state index contributed by atoms with van der Waals surface area (Å²) in [6.07, 6.45) is 6.31. The second-order valence-corrected chi connectivity index (χ2v) is 5.36. The van der Waals surface area contributed by atoms with Crippen LogP contribution in [0.15, 0.2) is 0 Å². The Hall–Kier alpha value is -0.610. The van der Waals surface area contributed by atoms with E-state index in [1.807, 2.05) is 0 Å². The van der Waals surface area contributed by atoms with Gasteiger partial charge in [-0.25, -0.2) is 0 Å². The molecule has 2 aliphatic rings. The maximum atomic E-state index is 11.6. The highest BCUT2D eigenvalue weighted by Crippen LogP contribution is 2.44. The highest BCUT2D eigenvalue weighted by Gasteiger charge is 2.39. The monoisotopic (exact) mass is 240 g/mol. The first-order chi connectivity index (χ1) is 8.29. The van der Waals surface area contributed by atoms with E-state index in [1.165, 1.54) is 25.7 Å². The van der Waals surface area contributed by atoms with Gasteiger partial charge in [0.25, 0.3) is 0 Å². The molecule has 4 heteroatoms. The first-order valence-corrected chi connectivity index (χ1v) is 6.78. The van der Waals surface area contributed by atoms with Crippen LogP contribution in [0.25, 0.3) is 0 Å². The predicted octanol–water partition coefficient (Wildman–Crippen LogP) is 0.917. The largest absolute Gasteiger partial charge is 0.385 e. The van der Waals surface area contributed by atoms with Crippen molar-refractivity contribution in [2.75, 3.05) is 26.8 Å². The van der Waals surface area contributed by atoms with E-state index in [1.54, 1.807) is 7.11 Å². The Morgan fingerprint density at radius 2 is 2.24 bits per heavy atom. The van der Waals surface area contributed by atoms with Gasteiger partial charge in [-0.1, -0.05) is 6.42 Å². The number of hydrogen-bond acceptors (Lipinski definition) is 3. The summed E-state index contributed by atoms with van der Waals surface area (Å²) in [5, 5.41) is 6.31. The Bertz CT molecular complexity index is 258. The van der Waals surface area contributed by atoms with Crippen LogP contribution in [0.4, 0.5) is 0 Å². The third kappa shape index (κ3) is 3.68. The van der Waals surface area contributed by atoms with Gasteiger partial charge in [0.1, 0.15) is 0 Å². The van der Waals surface area contributed by atoms with E-state index in [9.17, 15) is 4.79 Å². The van der Waals surface area contributed by atoms with Crippen LogP contribution in [0.2, 0.25) is 0 Å². The third-order valence-corrected chi connectivity index (χ3v) is 4.11. The second kappa shape index (κ2) is 6.36. The first-order valence-electron chi connectivity index (χ1n) is 6.78. The normalized spacial score (nSPS) is 30.8. The molecule has 0 spiro atoms. The first kappa shape index (κ1) is 12.8. The van der Waals surface area contributed by atoms with Gasteiger partial charge in [-0.2, -0.15) is 0 Å². The molecule has 1 amide bonds. The number of amides is 1. The van der Waals surface area contributed by atoms with Crippen molar-refractivity contribution in [3.8, 4) is 0 Å². The Kier molecular flexibility index (Phi) is 4.80. The molecule has 2 bridgehead atoms. The molecule has 4 nitrogen and oxygen atoms in total. The quantitative estimate of drug-likeness (QED) is 0.651. The van der Waals surface area contributed by atoms with E-state index in [2.05, 4.69) is 10.6 Å². The third-order valence-electron chi connectivity index (χ3n) is 4.11. The van der Waals surface area contributed by atoms with Gasteiger partial charge in [-0.15, -0.1) is 0 Å². The summed E-state index contributed by atoms with van der Waals surface area (Å²) >= 11 is 0. The minimum absolute atomic E-state index is 0.115. The summed E-state index contributed by atoms with van der Waals surface area (Å²) < 4.78 is 4.93. The van der Waals surface area contributed by atoms with Gasteiger partial charge in [-0.05, 0) is 37.5 Å². The molecule has 0 saturated heterocycles. The summed E-state index contributed by atoms with van der Waals surface area (Å²) in [5.74, 6) is 1.88. The second-order valence-electron chi connectivity index (χ2n) is 5.36. The number of hydrogen-bond donors (Lipinski definition) is 2. The van der Waals surface area contributed by atoms with E-state index in [-0.39, 0.29) is 5.91 Å². The molecule has 98 valence electrons. The molecule has 2 N–H and O–H groups in total. The molecule has 0 aromatic heterocycles. The summed E-state index contributed by atoms with van der Waals surface area (Å²) in [7, 11) is 1.68. The zero-order valence-electron chi connectivity index (χ0n) is 10.7. The van der Waals surface area contributed by atoms with E-state index >= 15 is 0 Å². The van der Waals surface area contributed by atoms with Crippen molar-refractivity contribution in [2.24, 2.45) is 11.8 Å². The van der Waals surface area contributed by atoms with Gasteiger partial charge < -0.3 is 15.4 Å².